The van der Waals surface area contributed by atoms with Gasteiger partial charge in [0.15, 0.2) is 0 Å². The number of rotatable bonds is 0. The van der Waals surface area contributed by atoms with Crippen molar-refractivity contribution >= 4 is 21.5 Å². The van der Waals surface area contributed by atoms with Crippen LogP contribution in [-0.2, 0) is 12.6 Å². The normalized spacial score (nSPS) is 18.1. The molecule has 4 heteroatoms. The number of aryl methyl sites for hydroxylation is 1. The molecule has 1 atom stereocenters. The van der Waals surface area contributed by atoms with E-state index in [1.165, 1.54) is 23.3 Å². The van der Waals surface area contributed by atoms with Gasteiger partial charge >= 0.3 is 6.18 Å². The summed E-state index contributed by atoms with van der Waals surface area (Å²) < 4.78 is 53.6. The van der Waals surface area contributed by atoms with Crippen LogP contribution in [0.15, 0.2) is 36.4 Å². The van der Waals surface area contributed by atoms with E-state index in [2.05, 4.69) is 6.92 Å². The molecule has 0 radical (unpaired) electrons. The highest BCUT2D eigenvalue weighted by atomic mass is 19.4. The molecule has 0 spiro atoms. The van der Waals surface area contributed by atoms with E-state index >= 15 is 0 Å². The van der Waals surface area contributed by atoms with Gasteiger partial charge in [0.2, 0.25) is 0 Å². The fraction of sp³-hybridized carbons (Fsp3) is 0.300. The lowest BCUT2D eigenvalue weighted by molar-refractivity contribution is -0.138. The van der Waals surface area contributed by atoms with Crippen LogP contribution in [-0.4, -0.2) is 0 Å². The van der Waals surface area contributed by atoms with Crippen molar-refractivity contribution in [3.05, 3.63) is 58.9 Å². The maximum absolute atomic E-state index is 13.8. The number of benzene rings is 3. The zero-order valence-corrected chi connectivity index (χ0v) is 13.2. The molecule has 0 aliphatic heterocycles. The summed E-state index contributed by atoms with van der Waals surface area (Å²) in [6, 6.07) is 9.44. The fourth-order valence-electron chi connectivity index (χ4n) is 4.04. The van der Waals surface area contributed by atoms with Crippen molar-refractivity contribution < 1.29 is 17.6 Å². The molecule has 3 aromatic carbocycles. The molecule has 1 aliphatic carbocycles. The molecule has 0 saturated carbocycles. The van der Waals surface area contributed by atoms with Gasteiger partial charge in [-0.2, -0.15) is 13.2 Å². The molecule has 3 aromatic rings. The minimum atomic E-state index is -4.71. The molecule has 0 amide bonds. The first kappa shape index (κ1) is 15.4. The minimum absolute atomic E-state index is 0.0705. The second-order valence-corrected chi connectivity index (χ2v) is 6.60. The maximum atomic E-state index is 13.8. The van der Waals surface area contributed by atoms with Crippen molar-refractivity contribution in [2.45, 2.75) is 38.3 Å². The van der Waals surface area contributed by atoms with E-state index in [4.69, 9.17) is 0 Å². The quantitative estimate of drug-likeness (QED) is 0.322. The van der Waals surface area contributed by atoms with E-state index in [-0.39, 0.29) is 5.39 Å². The summed E-state index contributed by atoms with van der Waals surface area (Å²) in [4.78, 5) is 0. The number of hydrogen-bond donors (Lipinski definition) is 0. The molecule has 4 rings (SSSR count). The van der Waals surface area contributed by atoms with Crippen LogP contribution in [0.2, 0.25) is 0 Å². The zero-order chi connectivity index (χ0) is 17.1. The van der Waals surface area contributed by atoms with E-state index in [1.54, 1.807) is 6.07 Å². The smallest absolute Gasteiger partial charge is 0.206 e. The lowest BCUT2D eigenvalue weighted by Crippen LogP contribution is -2.10. The fourth-order valence-corrected chi connectivity index (χ4v) is 4.04. The van der Waals surface area contributed by atoms with E-state index in [1.807, 2.05) is 12.1 Å². The highest BCUT2D eigenvalue weighted by Gasteiger charge is 2.36. The summed E-state index contributed by atoms with van der Waals surface area (Å²) in [5.74, 6) is -0.756. The Morgan fingerprint density at radius 1 is 0.875 bits per heavy atom. The van der Waals surface area contributed by atoms with Crippen LogP contribution < -0.4 is 0 Å². The average Bonchev–Trinajstić information content (AvgIpc) is 2.52. The molecule has 0 N–H and O–H groups in total. The average molecular weight is 332 g/mol. The Balaban J connectivity index is 2.10. The van der Waals surface area contributed by atoms with Crippen molar-refractivity contribution in [3.8, 4) is 0 Å². The Morgan fingerprint density at radius 3 is 2.25 bits per heavy atom. The van der Waals surface area contributed by atoms with Crippen LogP contribution in [0.3, 0.4) is 0 Å². The van der Waals surface area contributed by atoms with Gasteiger partial charge in [-0.05, 0) is 63.9 Å². The third kappa shape index (κ3) is 2.20. The van der Waals surface area contributed by atoms with Crippen molar-refractivity contribution in [2.75, 3.05) is 0 Å². The standard InChI is InChI=1S/C20H16F4/c1-11-3-2-4-13-12(11)5-6-15-14(13)7-8-17-16(15)9-10-18(21)19(17)20(22,23)24/h5-11H,2-4H2,1H3/t11-/m1/s1. The molecule has 124 valence electrons. The Bertz CT molecular complexity index is 953. The first-order chi connectivity index (χ1) is 11.4. The predicted octanol–water partition coefficient (Wildman–Crippen LogP) is 6.59. The van der Waals surface area contributed by atoms with Crippen LogP contribution in [0.5, 0.6) is 0 Å². The van der Waals surface area contributed by atoms with Gasteiger partial charge in [-0.3, -0.25) is 0 Å². The second-order valence-electron chi connectivity index (χ2n) is 6.60. The van der Waals surface area contributed by atoms with Gasteiger partial charge in [-0.1, -0.05) is 37.3 Å². The van der Waals surface area contributed by atoms with Crippen LogP contribution in [0.25, 0.3) is 21.5 Å². The Morgan fingerprint density at radius 2 is 1.50 bits per heavy atom. The highest BCUT2D eigenvalue weighted by molar-refractivity contribution is 6.10. The van der Waals surface area contributed by atoms with E-state index < -0.39 is 17.6 Å². The molecule has 0 bridgehead atoms. The third-order valence-corrected chi connectivity index (χ3v) is 5.17. The zero-order valence-electron chi connectivity index (χ0n) is 13.2. The van der Waals surface area contributed by atoms with Gasteiger partial charge in [0.05, 0.1) is 5.56 Å². The largest absolute Gasteiger partial charge is 0.419 e. The van der Waals surface area contributed by atoms with Crippen molar-refractivity contribution in [2.24, 2.45) is 0 Å². The van der Waals surface area contributed by atoms with E-state index in [0.29, 0.717) is 11.3 Å². The Hall–Kier alpha value is -2.10. The second kappa shape index (κ2) is 5.20. The minimum Gasteiger partial charge on any atom is -0.206 e. The molecule has 0 nitrogen and oxygen atoms in total. The van der Waals surface area contributed by atoms with Crippen LogP contribution in [0, 0.1) is 5.82 Å². The van der Waals surface area contributed by atoms with Gasteiger partial charge in [0.1, 0.15) is 5.82 Å². The summed E-state index contributed by atoms with van der Waals surface area (Å²) in [5.41, 5.74) is 1.34. The van der Waals surface area contributed by atoms with Gasteiger partial charge in [0.25, 0.3) is 0 Å². The van der Waals surface area contributed by atoms with E-state index in [0.717, 1.165) is 36.1 Å². The summed E-state index contributed by atoms with van der Waals surface area (Å²) in [6.07, 6.45) is -1.55. The summed E-state index contributed by atoms with van der Waals surface area (Å²) in [6.45, 7) is 2.18. The number of hydrogen-bond acceptors (Lipinski definition) is 0. The van der Waals surface area contributed by atoms with E-state index in [9.17, 15) is 17.6 Å². The predicted molar refractivity (Wildman–Crippen MR) is 87.8 cm³/mol. The SMILES string of the molecule is C[C@@H]1CCCc2c1ccc1c2ccc2c(C(F)(F)F)c(F)ccc21. The topological polar surface area (TPSA) is 0 Å². The lowest BCUT2D eigenvalue weighted by atomic mass is 9.81. The highest BCUT2D eigenvalue weighted by Crippen LogP contribution is 2.41. The third-order valence-electron chi connectivity index (χ3n) is 5.17. The molecule has 1 aliphatic rings. The molecular weight excluding hydrogens is 316 g/mol. The van der Waals surface area contributed by atoms with Gasteiger partial charge < -0.3 is 0 Å². The maximum Gasteiger partial charge on any atom is 0.419 e. The van der Waals surface area contributed by atoms with Gasteiger partial charge in [-0.25, -0.2) is 4.39 Å². The summed E-state index contributed by atoms with van der Waals surface area (Å²) >= 11 is 0. The number of halogens is 4. The molecule has 0 saturated heterocycles. The Labute approximate surface area is 137 Å². The van der Waals surface area contributed by atoms with Crippen molar-refractivity contribution in [1.82, 2.24) is 0 Å². The Kier molecular flexibility index (Phi) is 3.34. The van der Waals surface area contributed by atoms with Crippen LogP contribution in [0.1, 0.15) is 42.4 Å². The molecule has 0 aromatic heterocycles. The van der Waals surface area contributed by atoms with Crippen molar-refractivity contribution in [3.63, 3.8) is 0 Å². The van der Waals surface area contributed by atoms with Crippen LogP contribution >= 0.6 is 0 Å². The first-order valence-electron chi connectivity index (χ1n) is 8.12. The summed E-state index contributed by atoms with van der Waals surface area (Å²) in [7, 11) is 0. The molecule has 0 unspecified atom stereocenters. The molecule has 0 heterocycles. The first-order valence-corrected chi connectivity index (χ1v) is 8.12. The number of fused-ring (bicyclic) bond motifs is 5. The lowest BCUT2D eigenvalue weighted by Gasteiger charge is -2.24. The monoisotopic (exact) mass is 332 g/mol. The number of alkyl halides is 3. The molecule has 0 fully saturated rings. The van der Waals surface area contributed by atoms with Gasteiger partial charge in [-0.15, -0.1) is 0 Å². The van der Waals surface area contributed by atoms with Crippen LogP contribution in [0.4, 0.5) is 17.6 Å². The van der Waals surface area contributed by atoms with Crippen molar-refractivity contribution in [1.29, 1.82) is 0 Å². The molecular formula is C20H16F4. The van der Waals surface area contributed by atoms with Gasteiger partial charge in [0, 0.05) is 0 Å². The molecule has 24 heavy (non-hydrogen) atoms. The summed E-state index contributed by atoms with van der Waals surface area (Å²) in [5, 5.41) is 2.15.